The molecule has 1 saturated heterocycles. The van der Waals surface area contributed by atoms with E-state index < -0.39 is 5.97 Å². The molecule has 1 N–H and O–H groups in total. The maximum Gasteiger partial charge on any atom is 0.303 e. The second-order valence-electron chi connectivity index (χ2n) is 5.29. The molecule has 5 heteroatoms. The first-order chi connectivity index (χ1) is 9.06. The Kier molecular flexibility index (Phi) is 4.35. The highest BCUT2D eigenvalue weighted by Crippen LogP contribution is 2.24. The maximum atomic E-state index is 10.6. The molecular weight excluding hydrogens is 242 g/mol. The fourth-order valence-electron chi connectivity index (χ4n) is 2.52. The molecule has 1 unspecified atom stereocenters. The molecule has 2 rings (SSSR count). The van der Waals surface area contributed by atoms with Gasteiger partial charge in [-0.2, -0.15) is 0 Å². The van der Waals surface area contributed by atoms with Crippen LogP contribution in [0.2, 0.25) is 0 Å². The summed E-state index contributed by atoms with van der Waals surface area (Å²) in [6.07, 6.45) is 5.05. The van der Waals surface area contributed by atoms with E-state index in [1.807, 2.05) is 20.0 Å². The second-order valence-corrected chi connectivity index (χ2v) is 5.29. The second kappa shape index (κ2) is 5.99. The minimum atomic E-state index is -0.705. The van der Waals surface area contributed by atoms with E-state index in [1.165, 1.54) is 0 Å². The number of rotatable bonds is 4. The Labute approximate surface area is 113 Å². The zero-order valence-electron chi connectivity index (χ0n) is 11.6. The van der Waals surface area contributed by atoms with Crippen LogP contribution in [-0.4, -0.2) is 34.1 Å². The number of aliphatic carboxylic acids is 1. The number of anilines is 1. The zero-order valence-corrected chi connectivity index (χ0v) is 11.6. The van der Waals surface area contributed by atoms with Gasteiger partial charge < -0.3 is 10.0 Å². The summed E-state index contributed by atoms with van der Waals surface area (Å²) in [7, 11) is 0. The summed E-state index contributed by atoms with van der Waals surface area (Å²) in [4.78, 5) is 21.8. The average Bonchev–Trinajstić information content (AvgIpc) is 2.40. The highest BCUT2D eigenvalue weighted by Gasteiger charge is 2.21. The molecule has 1 aromatic rings. The van der Waals surface area contributed by atoms with Gasteiger partial charge in [0, 0.05) is 19.5 Å². The van der Waals surface area contributed by atoms with Crippen LogP contribution >= 0.6 is 0 Å². The normalized spacial score (nSPS) is 19.5. The monoisotopic (exact) mass is 263 g/mol. The van der Waals surface area contributed by atoms with Crippen LogP contribution in [0.5, 0.6) is 0 Å². The fourth-order valence-corrected chi connectivity index (χ4v) is 2.52. The van der Waals surface area contributed by atoms with Crippen molar-refractivity contribution in [1.29, 1.82) is 0 Å². The van der Waals surface area contributed by atoms with E-state index >= 15 is 0 Å². The van der Waals surface area contributed by atoms with Crippen molar-refractivity contribution >= 4 is 11.8 Å². The summed E-state index contributed by atoms with van der Waals surface area (Å²) < 4.78 is 0. The molecule has 0 saturated carbocycles. The Hall–Kier alpha value is -1.65. The van der Waals surface area contributed by atoms with Gasteiger partial charge in [0.15, 0.2) is 0 Å². The molecule has 0 radical (unpaired) electrons. The molecule has 1 atom stereocenters. The molecule has 0 aromatic carbocycles. The van der Waals surface area contributed by atoms with Gasteiger partial charge in [-0.3, -0.25) is 9.78 Å². The van der Waals surface area contributed by atoms with Crippen LogP contribution in [-0.2, 0) is 4.79 Å². The van der Waals surface area contributed by atoms with E-state index in [9.17, 15) is 4.79 Å². The van der Waals surface area contributed by atoms with Crippen LogP contribution in [0.25, 0.3) is 0 Å². The predicted octanol–water partition coefficient (Wildman–Crippen LogP) is 2.17. The number of carboxylic acids is 1. The first-order valence-corrected chi connectivity index (χ1v) is 6.83. The van der Waals surface area contributed by atoms with Crippen molar-refractivity contribution in [3.8, 4) is 0 Å². The molecule has 0 spiro atoms. The van der Waals surface area contributed by atoms with Crippen molar-refractivity contribution in [2.75, 3.05) is 18.0 Å². The minimum Gasteiger partial charge on any atom is -0.481 e. The van der Waals surface area contributed by atoms with Gasteiger partial charge in [-0.15, -0.1) is 0 Å². The lowest BCUT2D eigenvalue weighted by Gasteiger charge is -2.33. The smallest absolute Gasteiger partial charge is 0.303 e. The topological polar surface area (TPSA) is 66.3 Å². The number of aryl methyl sites for hydroxylation is 2. The average molecular weight is 263 g/mol. The largest absolute Gasteiger partial charge is 0.481 e. The van der Waals surface area contributed by atoms with Crippen molar-refractivity contribution in [2.45, 2.75) is 39.5 Å². The third-order valence-corrected chi connectivity index (χ3v) is 3.79. The SMILES string of the molecule is Cc1ncc(N2CCCC(CCC(=O)O)C2)nc1C. The van der Waals surface area contributed by atoms with Crippen LogP contribution < -0.4 is 4.90 Å². The first-order valence-electron chi connectivity index (χ1n) is 6.83. The van der Waals surface area contributed by atoms with Gasteiger partial charge in [0.05, 0.1) is 17.6 Å². The Balaban J connectivity index is 2.00. The van der Waals surface area contributed by atoms with Gasteiger partial charge in [0.1, 0.15) is 5.82 Å². The lowest BCUT2D eigenvalue weighted by atomic mass is 9.93. The molecule has 104 valence electrons. The summed E-state index contributed by atoms with van der Waals surface area (Å²) in [6.45, 7) is 5.81. The molecule has 1 aliphatic rings. The van der Waals surface area contributed by atoms with Crippen molar-refractivity contribution in [3.63, 3.8) is 0 Å². The Morgan fingerprint density at radius 2 is 2.26 bits per heavy atom. The molecule has 0 bridgehead atoms. The van der Waals surface area contributed by atoms with Crippen molar-refractivity contribution < 1.29 is 9.90 Å². The third kappa shape index (κ3) is 3.66. The molecule has 0 aliphatic carbocycles. The summed E-state index contributed by atoms with van der Waals surface area (Å²) in [5.41, 5.74) is 1.92. The Bertz CT molecular complexity index is 462. The quantitative estimate of drug-likeness (QED) is 0.901. The van der Waals surface area contributed by atoms with Crippen LogP contribution in [0.4, 0.5) is 5.82 Å². The summed E-state index contributed by atoms with van der Waals surface area (Å²) in [5, 5.41) is 8.76. The van der Waals surface area contributed by atoms with Gasteiger partial charge in [0.25, 0.3) is 0 Å². The van der Waals surface area contributed by atoms with Crippen LogP contribution in [0.3, 0.4) is 0 Å². The van der Waals surface area contributed by atoms with E-state index in [1.54, 1.807) is 0 Å². The minimum absolute atomic E-state index is 0.261. The van der Waals surface area contributed by atoms with Crippen molar-refractivity contribution in [3.05, 3.63) is 17.6 Å². The number of hydrogen-bond donors (Lipinski definition) is 1. The molecule has 5 nitrogen and oxygen atoms in total. The number of nitrogens with zero attached hydrogens (tertiary/aromatic N) is 3. The number of carbonyl (C=O) groups is 1. The summed E-state index contributed by atoms with van der Waals surface area (Å²) in [5.74, 6) is 0.666. The van der Waals surface area contributed by atoms with Crippen LogP contribution in [0, 0.1) is 19.8 Å². The lowest BCUT2D eigenvalue weighted by molar-refractivity contribution is -0.137. The van der Waals surface area contributed by atoms with E-state index in [0.717, 1.165) is 49.6 Å². The van der Waals surface area contributed by atoms with E-state index in [0.29, 0.717) is 5.92 Å². The van der Waals surface area contributed by atoms with E-state index in [-0.39, 0.29) is 6.42 Å². The molecule has 0 amide bonds. The van der Waals surface area contributed by atoms with Crippen LogP contribution in [0.1, 0.15) is 37.1 Å². The van der Waals surface area contributed by atoms with Gasteiger partial charge in [-0.25, -0.2) is 4.98 Å². The van der Waals surface area contributed by atoms with E-state index in [2.05, 4.69) is 14.9 Å². The molecular formula is C14H21N3O2. The molecule has 2 heterocycles. The number of hydrogen-bond acceptors (Lipinski definition) is 4. The highest BCUT2D eigenvalue weighted by atomic mass is 16.4. The van der Waals surface area contributed by atoms with Crippen molar-refractivity contribution in [1.82, 2.24) is 9.97 Å². The Morgan fingerprint density at radius 1 is 1.47 bits per heavy atom. The lowest BCUT2D eigenvalue weighted by Crippen LogP contribution is -2.36. The predicted molar refractivity (Wildman–Crippen MR) is 73.3 cm³/mol. The highest BCUT2D eigenvalue weighted by molar-refractivity contribution is 5.66. The molecule has 1 aliphatic heterocycles. The number of aromatic nitrogens is 2. The van der Waals surface area contributed by atoms with E-state index in [4.69, 9.17) is 5.11 Å². The molecule has 1 fully saturated rings. The number of carboxylic acid groups (broad SMARTS) is 1. The van der Waals surface area contributed by atoms with Crippen LogP contribution in [0.15, 0.2) is 6.20 Å². The standard InChI is InChI=1S/C14H21N3O2/c1-10-11(2)16-13(8-15-10)17-7-3-4-12(9-17)5-6-14(18)19/h8,12H,3-7,9H2,1-2H3,(H,18,19). The molecule has 19 heavy (non-hydrogen) atoms. The summed E-state index contributed by atoms with van der Waals surface area (Å²) >= 11 is 0. The summed E-state index contributed by atoms with van der Waals surface area (Å²) in [6, 6.07) is 0. The Morgan fingerprint density at radius 3 is 2.95 bits per heavy atom. The van der Waals surface area contributed by atoms with Gasteiger partial charge in [-0.05, 0) is 39.0 Å². The first kappa shape index (κ1) is 13.8. The molecule has 1 aromatic heterocycles. The fraction of sp³-hybridized carbons (Fsp3) is 0.643. The maximum absolute atomic E-state index is 10.6. The van der Waals surface area contributed by atoms with Gasteiger partial charge in [0.2, 0.25) is 0 Å². The number of piperidine rings is 1. The van der Waals surface area contributed by atoms with Gasteiger partial charge in [-0.1, -0.05) is 0 Å². The van der Waals surface area contributed by atoms with Gasteiger partial charge >= 0.3 is 5.97 Å². The third-order valence-electron chi connectivity index (χ3n) is 3.79. The van der Waals surface area contributed by atoms with Crippen molar-refractivity contribution in [2.24, 2.45) is 5.92 Å². The zero-order chi connectivity index (χ0) is 13.8.